The normalized spacial score (nSPS) is 15.0. The highest BCUT2D eigenvalue weighted by molar-refractivity contribution is 6.20. The van der Waals surface area contributed by atoms with Crippen molar-refractivity contribution in [3.8, 4) is 0 Å². The molecule has 12 heavy (non-hydrogen) atoms. The van der Waals surface area contributed by atoms with Crippen molar-refractivity contribution >= 4 is 17.6 Å². The Morgan fingerprint density at radius 1 is 1.25 bits per heavy atom. The predicted molar refractivity (Wildman–Crippen MR) is 38.7 cm³/mol. The van der Waals surface area contributed by atoms with Crippen molar-refractivity contribution < 1.29 is 14.0 Å². The Labute approximate surface area is 66.9 Å². The van der Waals surface area contributed by atoms with Gasteiger partial charge in [0, 0.05) is 0 Å². The van der Waals surface area contributed by atoms with Crippen LogP contribution < -0.4 is 5.73 Å². The highest BCUT2D eigenvalue weighted by Gasteiger charge is 2.25. The maximum Gasteiger partial charge on any atom is 0.293 e. The number of anilines is 1. The monoisotopic (exact) mass is 164 g/mol. The van der Waals surface area contributed by atoms with Gasteiger partial charge in [0.2, 0.25) is 17.3 Å². The Morgan fingerprint density at radius 3 is 2.58 bits per heavy atom. The molecule has 2 rings (SSSR count). The molecule has 0 aromatic carbocycles. The van der Waals surface area contributed by atoms with Crippen LogP contribution in [-0.2, 0) is 0 Å². The van der Waals surface area contributed by atoms with Crippen molar-refractivity contribution in [1.82, 2.24) is 4.98 Å². The molecule has 0 bridgehead atoms. The molecule has 0 unspecified atom stereocenters. The van der Waals surface area contributed by atoms with Gasteiger partial charge in [-0.1, -0.05) is 0 Å². The molecule has 0 amide bonds. The molecule has 0 aliphatic heterocycles. The molecule has 0 saturated heterocycles. The molecule has 1 aliphatic rings. The van der Waals surface area contributed by atoms with Gasteiger partial charge >= 0.3 is 0 Å². The van der Waals surface area contributed by atoms with Crippen molar-refractivity contribution in [2.45, 2.75) is 0 Å². The number of oxazole rings is 1. The molecular weight excluding hydrogens is 160 g/mol. The van der Waals surface area contributed by atoms with E-state index in [4.69, 9.17) is 10.2 Å². The van der Waals surface area contributed by atoms with Crippen molar-refractivity contribution in [1.29, 1.82) is 0 Å². The molecule has 0 spiro atoms. The number of carbonyl (C=O) groups is 2. The van der Waals surface area contributed by atoms with Crippen LogP contribution in [0.15, 0.2) is 16.6 Å². The number of allylic oxidation sites excluding steroid dienone is 2. The first-order valence-electron chi connectivity index (χ1n) is 3.21. The molecule has 1 heterocycles. The molecule has 0 radical (unpaired) electrons. The summed E-state index contributed by atoms with van der Waals surface area (Å²) in [4.78, 5) is 25.6. The van der Waals surface area contributed by atoms with Crippen LogP contribution >= 0.6 is 0 Å². The Balaban J connectivity index is 2.68. The maximum absolute atomic E-state index is 11.0. The number of hydrogen-bond donors (Lipinski definition) is 1. The Bertz CT molecular complexity index is 367. The van der Waals surface area contributed by atoms with Gasteiger partial charge in [-0.2, -0.15) is 4.98 Å². The molecule has 0 atom stereocenters. The van der Waals surface area contributed by atoms with Crippen LogP contribution in [0.4, 0.5) is 6.01 Å². The lowest BCUT2D eigenvalue weighted by atomic mass is 10.1. The number of ketones is 2. The van der Waals surface area contributed by atoms with E-state index in [-0.39, 0.29) is 29.0 Å². The second-order valence-electron chi connectivity index (χ2n) is 2.29. The van der Waals surface area contributed by atoms with E-state index < -0.39 is 0 Å². The van der Waals surface area contributed by atoms with Crippen molar-refractivity contribution in [3.63, 3.8) is 0 Å². The van der Waals surface area contributed by atoms with E-state index in [0.29, 0.717) is 0 Å². The van der Waals surface area contributed by atoms with Crippen molar-refractivity contribution in [2.75, 3.05) is 5.73 Å². The summed E-state index contributed by atoms with van der Waals surface area (Å²) in [6.45, 7) is 0. The predicted octanol–water partition coefficient (Wildman–Crippen LogP) is 0.192. The van der Waals surface area contributed by atoms with Gasteiger partial charge in [0.05, 0.1) is 0 Å². The summed E-state index contributed by atoms with van der Waals surface area (Å²) >= 11 is 0. The number of carbonyl (C=O) groups excluding carboxylic acids is 2. The fourth-order valence-corrected chi connectivity index (χ4v) is 0.977. The molecular formula is C7H4N2O3. The number of nitrogen functional groups attached to an aromatic ring is 1. The van der Waals surface area contributed by atoms with Crippen LogP contribution in [0.2, 0.25) is 0 Å². The minimum absolute atomic E-state index is 0.000000000000000222. The molecule has 1 aliphatic carbocycles. The van der Waals surface area contributed by atoms with E-state index in [1.54, 1.807) is 0 Å². The van der Waals surface area contributed by atoms with Crippen molar-refractivity contribution in [2.24, 2.45) is 0 Å². The summed E-state index contributed by atoms with van der Waals surface area (Å²) in [7, 11) is 0. The number of fused-ring (bicyclic) bond motifs is 1. The fourth-order valence-electron chi connectivity index (χ4n) is 0.977. The Kier molecular flexibility index (Phi) is 1.15. The average Bonchev–Trinajstić information content (AvgIpc) is 2.41. The van der Waals surface area contributed by atoms with Gasteiger partial charge in [-0.05, 0) is 12.2 Å². The summed E-state index contributed by atoms with van der Waals surface area (Å²) in [5.41, 5.74) is 5.17. The van der Waals surface area contributed by atoms with E-state index in [0.717, 1.165) is 12.2 Å². The third-order valence-corrected chi connectivity index (χ3v) is 1.49. The zero-order valence-corrected chi connectivity index (χ0v) is 5.90. The van der Waals surface area contributed by atoms with Crippen LogP contribution in [0.5, 0.6) is 0 Å². The van der Waals surface area contributed by atoms with Crippen LogP contribution in [0.3, 0.4) is 0 Å². The number of nitrogens with zero attached hydrogens (tertiary/aromatic N) is 1. The average molecular weight is 164 g/mol. The van der Waals surface area contributed by atoms with E-state index >= 15 is 0 Å². The van der Waals surface area contributed by atoms with Gasteiger partial charge in [-0.15, -0.1) is 0 Å². The van der Waals surface area contributed by atoms with Gasteiger partial charge < -0.3 is 10.2 Å². The first kappa shape index (κ1) is 6.78. The topological polar surface area (TPSA) is 86.2 Å². The molecule has 60 valence electrons. The summed E-state index contributed by atoms with van der Waals surface area (Å²) in [5.74, 6) is -0.807. The first-order chi connectivity index (χ1) is 5.68. The van der Waals surface area contributed by atoms with E-state index in [1.807, 2.05) is 0 Å². The zero-order chi connectivity index (χ0) is 8.72. The largest absolute Gasteiger partial charge is 0.419 e. The number of aromatic nitrogens is 1. The van der Waals surface area contributed by atoms with Crippen LogP contribution in [0.1, 0.15) is 21.0 Å². The third kappa shape index (κ3) is 0.763. The van der Waals surface area contributed by atoms with Crippen LogP contribution in [-0.4, -0.2) is 16.6 Å². The SMILES string of the molecule is Nc1nc2c(o1)C(=O)C=CC2=O. The van der Waals surface area contributed by atoms with Crippen LogP contribution in [0, 0.1) is 0 Å². The van der Waals surface area contributed by atoms with Gasteiger partial charge in [0.15, 0.2) is 5.69 Å². The quantitative estimate of drug-likeness (QED) is 0.591. The lowest BCUT2D eigenvalue weighted by molar-refractivity contribution is 0.0974. The summed E-state index contributed by atoms with van der Waals surface area (Å²) in [5, 5.41) is 0. The highest BCUT2D eigenvalue weighted by atomic mass is 16.4. The van der Waals surface area contributed by atoms with Gasteiger partial charge in [-0.25, -0.2) is 0 Å². The molecule has 1 aromatic heterocycles. The summed E-state index contributed by atoms with van der Waals surface area (Å²) < 4.78 is 4.73. The lowest BCUT2D eigenvalue weighted by Crippen LogP contribution is -2.09. The molecule has 1 aromatic rings. The maximum atomic E-state index is 11.0. The molecule has 5 heteroatoms. The van der Waals surface area contributed by atoms with E-state index in [1.165, 1.54) is 0 Å². The molecule has 5 nitrogen and oxygen atoms in total. The standard InChI is InChI=1S/C7H4N2O3/c8-7-9-5-3(10)1-2-4(11)6(5)12-7/h1-2H,(H2,8,9). The number of nitrogens with two attached hydrogens (primary N) is 1. The zero-order valence-electron chi connectivity index (χ0n) is 5.90. The fraction of sp³-hybridized carbons (Fsp3) is 0. The minimum Gasteiger partial charge on any atom is -0.419 e. The number of hydrogen-bond acceptors (Lipinski definition) is 5. The number of rotatable bonds is 0. The lowest BCUT2D eigenvalue weighted by Gasteiger charge is -1.96. The smallest absolute Gasteiger partial charge is 0.293 e. The van der Waals surface area contributed by atoms with Crippen molar-refractivity contribution in [3.05, 3.63) is 23.6 Å². The first-order valence-corrected chi connectivity index (χ1v) is 3.21. The molecule has 0 saturated carbocycles. The Morgan fingerprint density at radius 2 is 1.92 bits per heavy atom. The van der Waals surface area contributed by atoms with Gasteiger partial charge in [-0.3, -0.25) is 9.59 Å². The third-order valence-electron chi connectivity index (χ3n) is 1.49. The summed E-state index contributed by atoms with van der Waals surface area (Å²) in [6.07, 6.45) is 2.28. The molecule has 0 fully saturated rings. The van der Waals surface area contributed by atoms with E-state index in [2.05, 4.69) is 4.98 Å². The highest BCUT2D eigenvalue weighted by Crippen LogP contribution is 2.18. The summed E-state index contributed by atoms with van der Waals surface area (Å²) in [6, 6.07) is -0.162. The van der Waals surface area contributed by atoms with E-state index in [9.17, 15) is 9.59 Å². The van der Waals surface area contributed by atoms with Crippen LogP contribution in [0.25, 0.3) is 0 Å². The second kappa shape index (κ2) is 2.04. The van der Waals surface area contributed by atoms with Gasteiger partial charge in [0.25, 0.3) is 6.01 Å². The Hall–Kier alpha value is -1.91. The van der Waals surface area contributed by atoms with Gasteiger partial charge in [0.1, 0.15) is 0 Å². The molecule has 2 N–H and O–H groups in total. The minimum atomic E-state index is -0.381. The second-order valence-corrected chi connectivity index (χ2v) is 2.29.